The van der Waals surface area contributed by atoms with Gasteiger partial charge in [-0.1, -0.05) is 48.5 Å². The number of amides is 1. The van der Waals surface area contributed by atoms with Crippen molar-refractivity contribution in [3.8, 4) is 11.5 Å². The van der Waals surface area contributed by atoms with E-state index in [4.69, 9.17) is 9.47 Å². The van der Waals surface area contributed by atoms with Gasteiger partial charge in [0.2, 0.25) is 0 Å². The number of nitrogens with one attached hydrogen (secondary N) is 2. The van der Waals surface area contributed by atoms with Crippen LogP contribution in [0.1, 0.15) is 11.1 Å². The van der Waals surface area contributed by atoms with Crippen molar-refractivity contribution in [3.05, 3.63) is 90.0 Å². The summed E-state index contributed by atoms with van der Waals surface area (Å²) in [5.41, 5.74) is 5.22. The number of rotatable bonds is 9. The number of hydrogen-bond donors (Lipinski definition) is 2. The summed E-state index contributed by atoms with van der Waals surface area (Å²) in [5, 5.41) is 7.03. The number of para-hydroxylation sites is 1. The number of ether oxygens (including phenoxy) is 2. The number of carbonyl (C=O) groups excluding carboxylic acids is 1. The van der Waals surface area contributed by atoms with Crippen LogP contribution in [0.2, 0.25) is 0 Å². The van der Waals surface area contributed by atoms with Gasteiger partial charge >= 0.3 is 0 Å². The summed E-state index contributed by atoms with van der Waals surface area (Å²) in [4.78, 5) is 11.9. The maximum absolute atomic E-state index is 11.9. The van der Waals surface area contributed by atoms with E-state index in [-0.39, 0.29) is 12.5 Å². The van der Waals surface area contributed by atoms with E-state index >= 15 is 0 Å². The van der Waals surface area contributed by atoms with Gasteiger partial charge in [-0.15, -0.1) is 0 Å². The second-order valence-electron chi connectivity index (χ2n) is 6.20. The molecule has 0 bridgehead atoms. The van der Waals surface area contributed by atoms with Crippen molar-refractivity contribution >= 4 is 17.8 Å². The van der Waals surface area contributed by atoms with E-state index in [1.54, 1.807) is 19.4 Å². The lowest BCUT2D eigenvalue weighted by Crippen LogP contribution is -2.25. The third-order valence-corrected chi connectivity index (χ3v) is 4.05. The molecule has 0 spiro atoms. The summed E-state index contributed by atoms with van der Waals surface area (Å²) in [5.74, 6) is 1.01. The van der Waals surface area contributed by atoms with Crippen molar-refractivity contribution in [2.24, 2.45) is 5.10 Å². The summed E-state index contributed by atoms with van der Waals surface area (Å²) in [7, 11) is 1.60. The quantitative estimate of drug-likeness (QED) is 0.431. The minimum absolute atomic E-state index is 0.134. The molecule has 2 N–H and O–H groups in total. The Bertz CT molecular complexity index is 944. The Morgan fingerprint density at radius 2 is 1.69 bits per heavy atom. The van der Waals surface area contributed by atoms with Crippen LogP contribution in [0.25, 0.3) is 0 Å². The summed E-state index contributed by atoms with van der Waals surface area (Å²) < 4.78 is 11.2. The third-order valence-electron chi connectivity index (χ3n) is 4.05. The zero-order valence-electron chi connectivity index (χ0n) is 16.2. The van der Waals surface area contributed by atoms with E-state index in [1.165, 1.54) is 0 Å². The first-order chi connectivity index (χ1) is 14.2. The number of benzene rings is 3. The van der Waals surface area contributed by atoms with E-state index in [9.17, 15) is 4.79 Å². The standard InChI is InChI=1S/C23H23N3O3/c1-28-21-13-12-19(14-22(21)29-17-18-8-4-2-5-9-18)15-25-26-23(27)16-24-20-10-6-3-7-11-20/h2-15,24H,16-17H2,1H3,(H,26,27)/b25-15-. The number of methoxy groups -OCH3 is 1. The van der Waals surface area contributed by atoms with Crippen LogP contribution in [-0.2, 0) is 11.4 Å². The first-order valence-corrected chi connectivity index (χ1v) is 9.20. The van der Waals surface area contributed by atoms with Gasteiger partial charge in [0.1, 0.15) is 6.61 Å². The summed E-state index contributed by atoms with van der Waals surface area (Å²) in [6, 6.07) is 24.9. The molecule has 0 aliphatic heterocycles. The highest BCUT2D eigenvalue weighted by atomic mass is 16.5. The number of anilines is 1. The fourth-order valence-electron chi connectivity index (χ4n) is 2.58. The maximum Gasteiger partial charge on any atom is 0.259 e. The van der Waals surface area contributed by atoms with E-state index in [1.807, 2.05) is 72.8 Å². The van der Waals surface area contributed by atoms with Crippen LogP contribution in [0.3, 0.4) is 0 Å². The molecule has 6 heteroatoms. The monoisotopic (exact) mass is 389 g/mol. The Hall–Kier alpha value is -3.80. The van der Waals surface area contributed by atoms with Crippen molar-refractivity contribution in [2.45, 2.75) is 6.61 Å². The minimum atomic E-state index is -0.237. The van der Waals surface area contributed by atoms with Crippen molar-refractivity contribution in [2.75, 3.05) is 19.0 Å². The molecule has 0 saturated carbocycles. The van der Waals surface area contributed by atoms with E-state index in [0.29, 0.717) is 18.1 Å². The van der Waals surface area contributed by atoms with Gasteiger partial charge in [-0.3, -0.25) is 4.79 Å². The molecule has 148 valence electrons. The van der Waals surface area contributed by atoms with Crippen LogP contribution in [0.4, 0.5) is 5.69 Å². The SMILES string of the molecule is COc1ccc(/C=N\NC(=O)CNc2ccccc2)cc1OCc1ccccc1. The van der Waals surface area contributed by atoms with Gasteiger partial charge in [0.15, 0.2) is 11.5 Å². The van der Waals surface area contributed by atoms with E-state index in [0.717, 1.165) is 16.8 Å². The smallest absolute Gasteiger partial charge is 0.259 e. The predicted octanol–water partition coefficient (Wildman–Crippen LogP) is 3.84. The molecule has 0 unspecified atom stereocenters. The van der Waals surface area contributed by atoms with E-state index in [2.05, 4.69) is 15.8 Å². The fraction of sp³-hybridized carbons (Fsp3) is 0.130. The molecule has 1 amide bonds. The molecule has 6 nitrogen and oxygen atoms in total. The largest absolute Gasteiger partial charge is 0.493 e. The topological polar surface area (TPSA) is 72.0 Å². The van der Waals surface area contributed by atoms with Crippen LogP contribution < -0.4 is 20.2 Å². The second-order valence-corrected chi connectivity index (χ2v) is 6.20. The summed E-state index contributed by atoms with van der Waals surface area (Å²) >= 11 is 0. The van der Waals surface area contributed by atoms with Crippen molar-refractivity contribution in [3.63, 3.8) is 0 Å². The molecule has 0 aromatic heterocycles. The fourth-order valence-corrected chi connectivity index (χ4v) is 2.58. The van der Waals surface area contributed by atoms with E-state index < -0.39 is 0 Å². The molecule has 3 aromatic rings. The molecule has 3 aromatic carbocycles. The Balaban J connectivity index is 1.55. The van der Waals surface area contributed by atoms with Crippen molar-refractivity contribution in [1.82, 2.24) is 5.43 Å². The Kier molecular flexibility index (Phi) is 7.23. The van der Waals surface area contributed by atoms with Crippen LogP contribution in [0.5, 0.6) is 11.5 Å². The van der Waals surface area contributed by atoms with Gasteiger partial charge in [0.05, 0.1) is 19.9 Å². The predicted molar refractivity (Wildman–Crippen MR) is 114 cm³/mol. The molecule has 0 aliphatic carbocycles. The lowest BCUT2D eigenvalue weighted by molar-refractivity contribution is -0.119. The minimum Gasteiger partial charge on any atom is -0.493 e. The van der Waals surface area contributed by atoms with Crippen LogP contribution in [0.15, 0.2) is 84.0 Å². The Morgan fingerprint density at radius 1 is 0.966 bits per heavy atom. The van der Waals surface area contributed by atoms with Gasteiger partial charge < -0.3 is 14.8 Å². The van der Waals surface area contributed by atoms with Crippen LogP contribution in [0, 0.1) is 0 Å². The number of nitrogens with zero attached hydrogens (tertiary/aromatic N) is 1. The third kappa shape index (κ3) is 6.39. The lowest BCUT2D eigenvalue weighted by Gasteiger charge is -2.11. The lowest BCUT2D eigenvalue weighted by atomic mass is 10.2. The zero-order chi connectivity index (χ0) is 20.3. The molecule has 29 heavy (non-hydrogen) atoms. The summed E-state index contributed by atoms with van der Waals surface area (Å²) in [6.07, 6.45) is 1.56. The van der Waals surface area contributed by atoms with Crippen molar-refractivity contribution < 1.29 is 14.3 Å². The highest BCUT2D eigenvalue weighted by Crippen LogP contribution is 2.28. The van der Waals surface area contributed by atoms with Crippen LogP contribution in [-0.4, -0.2) is 25.8 Å². The van der Waals surface area contributed by atoms with Gasteiger partial charge in [0.25, 0.3) is 5.91 Å². The highest BCUT2D eigenvalue weighted by molar-refractivity contribution is 5.84. The average molecular weight is 389 g/mol. The average Bonchev–Trinajstić information content (AvgIpc) is 2.78. The first-order valence-electron chi connectivity index (χ1n) is 9.20. The van der Waals surface area contributed by atoms with Gasteiger partial charge in [-0.25, -0.2) is 5.43 Å². The van der Waals surface area contributed by atoms with Gasteiger partial charge in [0, 0.05) is 5.69 Å². The van der Waals surface area contributed by atoms with Crippen molar-refractivity contribution in [1.29, 1.82) is 0 Å². The molecular formula is C23H23N3O3. The maximum atomic E-state index is 11.9. The van der Waals surface area contributed by atoms with Crippen LogP contribution >= 0.6 is 0 Å². The summed E-state index contributed by atoms with van der Waals surface area (Å²) in [6.45, 7) is 0.565. The number of hydrazone groups is 1. The zero-order valence-corrected chi connectivity index (χ0v) is 16.2. The molecule has 0 fully saturated rings. The first kappa shape index (κ1) is 19.9. The number of hydrogen-bond acceptors (Lipinski definition) is 5. The van der Waals surface area contributed by atoms with Gasteiger partial charge in [-0.2, -0.15) is 5.10 Å². The number of carbonyl (C=O) groups is 1. The molecule has 0 heterocycles. The Morgan fingerprint density at radius 3 is 2.41 bits per heavy atom. The molecule has 0 saturated heterocycles. The Labute approximate surface area is 170 Å². The molecular weight excluding hydrogens is 366 g/mol. The molecule has 0 atom stereocenters. The van der Waals surface area contributed by atoms with Gasteiger partial charge in [-0.05, 0) is 41.5 Å². The molecule has 0 radical (unpaired) electrons. The molecule has 0 aliphatic rings. The highest BCUT2D eigenvalue weighted by Gasteiger charge is 2.06. The second kappa shape index (κ2) is 10.5. The molecule has 3 rings (SSSR count). The normalized spacial score (nSPS) is 10.5.